The van der Waals surface area contributed by atoms with E-state index in [2.05, 4.69) is 437 Å². The van der Waals surface area contributed by atoms with Gasteiger partial charge in [0, 0.05) is 0 Å². The third-order valence-corrected chi connectivity index (χ3v) is 32.9. The van der Waals surface area contributed by atoms with Crippen LogP contribution in [-0.2, 0) is 92.8 Å². The van der Waals surface area contributed by atoms with Gasteiger partial charge in [0.1, 0.15) is 34.5 Å². The number of methoxy groups -OCH3 is 6. The van der Waals surface area contributed by atoms with Gasteiger partial charge >= 0.3 is 50.0 Å². The maximum Gasteiger partial charge on any atom is 0.540 e. The second-order valence-corrected chi connectivity index (χ2v) is 43.6. The van der Waals surface area contributed by atoms with Crippen molar-refractivity contribution in [3.8, 4) is 34.5 Å². The minimum Gasteiger partial charge on any atom is -0.562 e. The lowest BCUT2D eigenvalue weighted by atomic mass is 10.3. The third-order valence-electron chi connectivity index (χ3n) is 19.5. The average Bonchev–Trinajstić information content (AvgIpc) is 0.838. The van der Waals surface area contributed by atoms with Crippen molar-refractivity contribution in [3.63, 3.8) is 0 Å². The summed E-state index contributed by atoms with van der Waals surface area (Å²) >= 11 is 0. The first kappa shape index (κ1) is 124. The average molecular weight is 2250 g/mol. The molecule has 0 spiro atoms. The van der Waals surface area contributed by atoms with E-state index in [9.17, 15) is 25.2 Å². The van der Waals surface area contributed by atoms with Crippen molar-refractivity contribution in [1.29, 1.82) is 0 Å². The molecule has 0 aliphatic carbocycles. The van der Waals surface area contributed by atoms with Gasteiger partial charge in [0.05, 0.1) is 133 Å². The Labute approximate surface area is 893 Å². The molecule has 0 aliphatic rings. The fourth-order valence-corrected chi connectivity index (χ4v) is 25.9. The number of hydrogen-bond donors (Lipinski definition) is 0. The second kappa shape index (κ2) is 72.3. The fraction of sp³-hybridized carbons (Fsp3) is 0.0526. The summed E-state index contributed by atoms with van der Waals surface area (Å²) in [5.41, 5.74) is 0. The molecule has 0 saturated heterocycles. The number of hydrogen-bond acceptors (Lipinski definition) is 18. The molecule has 18 nitrogen and oxygen atoms in total. The summed E-state index contributed by atoms with van der Waals surface area (Å²) in [5, 5.41) is 0. The first-order valence-corrected chi connectivity index (χ1v) is 58.2. The fourth-order valence-electron chi connectivity index (χ4n) is 13.4. The molecule has 0 heterocycles. The molecular formula is C114H102F6O18P6S6+6. The van der Waals surface area contributed by atoms with Crippen molar-refractivity contribution in [2.75, 3.05) is 42.7 Å². The minimum atomic E-state index is -3.62. The van der Waals surface area contributed by atoms with E-state index in [1.54, 1.807) is 42.7 Å². The standard InChI is InChI=1S/6C19H17OS.6FO2P/c6*1-20-16-12-14-19(15-13-16)21(17-8-4-2-5-9-17)18-10-6-3-7-11-18;6*1-4(2)3/h6*2-15H,1H3;;;;;;/q6*+1;;;;;;. The van der Waals surface area contributed by atoms with Crippen LogP contribution in [-0.4, -0.2) is 42.7 Å². The Hall–Kier alpha value is -13.2. The molecule has 150 heavy (non-hydrogen) atoms. The molecule has 0 aromatic heterocycles. The largest absolute Gasteiger partial charge is 0.562 e. The van der Waals surface area contributed by atoms with Crippen molar-refractivity contribution in [2.24, 2.45) is 0 Å². The highest BCUT2D eigenvalue weighted by Gasteiger charge is 2.34. The Morgan fingerprint density at radius 2 is 0.193 bits per heavy atom. The van der Waals surface area contributed by atoms with Crippen LogP contribution in [0.2, 0.25) is 0 Å². The summed E-state index contributed by atoms with van der Waals surface area (Å²) in [5.74, 6) is 5.35. The Kier molecular flexibility index (Phi) is 59.6. The lowest BCUT2D eigenvalue weighted by molar-refractivity contribution is -0.175. The van der Waals surface area contributed by atoms with E-state index < -0.39 is 50.0 Å². The van der Waals surface area contributed by atoms with Gasteiger partial charge in [0.15, 0.2) is 88.1 Å². The summed E-state index contributed by atoms with van der Waals surface area (Å²) < 4.78 is 142. The molecule has 0 N–H and O–H groups in total. The number of ether oxygens (including phenoxy) is 6. The SMILES string of the molecule is COc1ccc([S+](c2ccccc2)c2ccccc2)cc1.COc1ccc([S+](c2ccccc2)c2ccccc2)cc1.COc1ccc([S+](c2ccccc2)c2ccccc2)cc1.COc1ccc([S+](c2ccccc2)c2ccccc2)cc1.COc1ccc([S+](c2ccccc2)c2ccccc2)cc1.COc1ccc([S+](c2ccccc2)c2ccccc2)cc1.O=[P+]([O-])F.O=[P+]([O-])F.O=[P+]([O-])F.O=[P+]([O-])F.O=[P+]([O-])F.O=[P+]([O-])F. The molecule has 0 aliphatic heterocycles. The van der Waals surface area contributed by atoms with Crippen molar-refractivity contribution < 1.29 is 110 Å². The number of halogens is 6. The molecule has 768 valence electrons. The van der Waals surface area contributed by atoms with Gasteiger partial charge in [-0.2, -0.15) is 0 Å². The van der Waals surface area contributed by atoms with E-state index >= 15 is 0 Å². The molecular weight excluding hydrogens is 2150 g/mol. The molecule has 0 fully saturated rings. The summed E-state index contributed by atoms with van der Waals surface area (Å²) in [4.78, 5) is 73.9. The lowest BCUT2D eigenvalue weighted by Crippen LogP contribution is -2.04. The summed E-state index contributed by atoms with van der Waals surface area (Å²) in [6.45, 7) is 0. The molecule has 18 rings (SSSR count). The quantitative estimate of drug-likeness (QED) is 0.0308. The maximum absolute atomic E-state index is 9.95. The second-order valence-electron chi connectivity index (χ2n) is 28.9. The van der Waals surface area contributed by atoms with E-state index in [1.165, 1.54) is 88.1 Å². The molecule has 0 radical (unpaired) electrons. The Balaban J connectivity index is 0.000000233. The van der Waals surface area contributed by atoms with Gasteiger partial charge in [0.25, 0.3) is 0 Å². The zero-order valence-electron chi connectivity index (χ0n) is 81.2. The lowest BCUT2D eigenvalue weighted by Gasteiger charge is -2.08. The molecule has 18 aromatic rings. The van der Waals surface area contributed by atoms with Crippen LogP contribution in [0.3, 0.4) is 0 Å². The molecule has 6 unspecified atom stereocenters. The van der Waals surface area contributed by atoms with Crippen LogP contribution in [0.1, 0.15) is 0 Å². The van der Waals surface area contributed by atoms with Gasteiger partial charge in [-0.25, -0.2) is 0 Å². The van der Waals surface area contributed by atoms with Gasteiger partial charge < -0.3 is 57.8 Å². The Bertz CT molecular complexity index is 5510. The van der Waals surface area contributed by atoms with Crippen LogP contribution in [0.25, 0.3) is 0 Å². The maximum atomic E-state index is 9.95. The molecule has 0 saturated carbocycles. The van der Waals surface area contributed by atoms with Crippen molar-refractivity contribution in [3.05, 3.63) is 510 Å². The van der Waals surface area contributed by atoms with Crippen LogP contribution in [0.4, 0.5) is 25.2 Å². The van der Waals surface area contributed by atoms with E-state index in [1.807, 2.05) is 72.8 Å². The summed E-state index contributed by atoms with van der Waals surface area (Å²) in [7, 11) is -12.0. The van der Waals surface area contributed by atoms with Gasteiger partial charge in [-0.1, -0.05) is 218 Å². The van der Waals surface area contributed by atoms with Gasteiger partial charge in [-0.05, 0) is 319 Å². The van der Waals surface area contributed by atoms with Crippen molar-refractivity contribution in [1.82, 2.24) is 0 Å². The van der Waals surface area contributed by atoms with Crippen LogP contribution in [0, 0.1) is 0 Å². The van der Waals surface area contributed by atoms with Crippen molar-refractivity contribution in [2.45, 2.75) is 88.1 Å². The normalized spacial score (nSPS) is 10.6. The number of benzene rings is 18. The van der Waals surface area contributed by atoms with Crippen LogP contribution < -0.4 is 57.8 Å². The zero-order valence-corrected chi connectivity index (χ0v) is 91.5. The van der Waals surface area contributed by atoms with Crippen molar-refractivity contribution >= 4 is 115 Å². The molecule has 0 bridgehead atoms. The highest BCUT2D eigenvalue weighted by Crippen LogP contribution is 2.39. The van der Waals surface area contributed by atoms with E-state index in [0.29, 0.717) is 0 Å². The predicted octanol–water partition coefficient (Wildman–Crippen LogP) is 28.6. The Morgan fingerprint density at radius 3 is 0.253 bits per heavy atom. The third kappa shape index (κ3) is 46.9. The Morgan fingerprint density at radius 1 is 0.133 bits per heavy atom. The van der Waals surface area contributed by atoms with E-state index in [-0.39, 0.29) is 65.4 Å². The molecule has 18 aromatic carbocycles. The minimum absolute atomic E-state index is 0.0804. The molecule has 0 amide bonds. The first-order chi connectivity index (χ1) is 72.7. The van der Waals surface area contributed by atoms with E-state index in [4.69, 9.17) is 85.2 Å². The zero-order chi connectivity index (χ0) is 108. The first-order valence-electron chi connectivity index (χ1n) is 44.4. The predicted molar refractivity (Wildman–Crippen MR) is 581 cm³/mol. The van der Waals surface area contributed by atoms with Gasteiger partial charge in [0.2, 0.25) is 0 Å². The molecule has 6 atom stereocenters. The highest BCUT2D eigenvalue weighted by molar-refractivity contribution is 7.98. The van der Waals surface area contributed by atoms with Crippen LogP contribution in [0.15, 0.2) is 598 Å². The van der Waals surface area contributed by atoms with Gasteiger partial charge in [-0.15, -0.1) is 0 Å². The summed E-state index contributed by atoms with van der Waals surface area (Å²) in [6.07, 6.45) is 0. The van der Waals surface area contributed by atoms with Gasteiger partial charge in [-0.3, -0.25) is 0 Å². The monoisotopic (exact) mass is 2250 g/mol. The number of rotatable bonds is 24. The smallest absolute Gasteiger partial charge is 0.540 e. The van der Waals surface area contributed by atoms with Crippen LogP contribution >= 0.6 is 50.0 Å². The van der Waals surface area contributed by atoms with Crippen LogP contribution in [0.5, 0.6) is 34.5 Å². The summed E-state index contributed by atoms with van der Waals surface area (Å²) in [6, 6.07) is 178. The molecule has 36 heteroatoms. The topological polar surface area (TPSA) is 296 Å². The highest BCUT2D eigenvalue weighted by atomic mass is 32.2. The van der Waals surface area contributed by atoms with E-state index in [0.717, 1.165) is 34.5 Å².